The van der Waals surface area contributed by atoms with E-state index in [1.54, 1.807) is 6.07 Å². The van der Waals surface area contributed by atoms with Gasteiger partial charge in [-0.25, -0.2) is 13.1 Å². The second kappa shape index (κ2) is 4.81. The third kappa shape index (κ3) is 3.04. The van der Waals surface area contributed by atoms with Crippen LogP contribution in [0.2, 0.25) is 5.02 Å². The summed E-state index contributed by atoms with van der Waals surface area (Å²) >= 11 is 12.4. The fourth-order valence-electron chi connectivity index (χ4n) is 1.40. The highest BCUT2D eigenvalue weighted by atomic mass is 79.9. The van der Waals surface area contributed by atoms with Crippen molar-refractivity contribution in [3.8, 4) is 0 Å². The largest absolute Gasteiger partial charge is 0.241 e. The standard InChI is InChI=1S/C10H10Br2ClNO2S/c11-6-10(3-4-10)14-17(15,16)7-1-2-9(13)8(12)5-7/h1-2,5,14H,3-4,6H2. The number of nitrogens with one attached hydrogen (secondary N) is 1. The van der Waals surface area contributed by atoms with Crippen LogP contribution in [0.3, 0.4) is 0 Å². The predicted octanol–water partition coefficient (Wildman–Crippen LogP) is 3.31. The van der Waals surface area contributed by atoms with Crippen molar-refractivity contribution in [3.63, 3.8) is 0 Å². The maximum Gasteiger partial charge on any atom is 0.241 e. The second-order valence-electron chi connectivity index (χ2n) is 4.10. The van der Waals surface area contributed by atoms with E-state index < -0.39 is 10.0 Å². The molecule has 1 fully saturated rings. The molecule has 0 amide bonds. The maximum atomic E-state index is 12.1. The summed E-state index contributed by atoms with van der Waals surface area (Å²) in [4.78, 5) is 0.223. The van der Waals surface area contributed by atoms with E-state index in [4.69, 9.17) is 11.6 Å². The molecule has 0 atom stereocenters. The zero-order valence-corrected chi connectivity index (χ0v) is 13.5. The van der Waals surface area contributed by atoms with E-state index in [1.807, 2.05) is 0 Å². The fourth-order valence-corrected chi connectivity index (χ4v) is 4.42. The molecule has 2 rings (SSSR count). The van der Waals surface area contributed by atoms with Crippen molar-refractivity contribution in [2.24, 2.45) is 0 Å². The van der Waals surface area contributed by atoms with Crippen LogP contribution in [-0.4, -0.2) is 19.3 Å². The molecule has 0 bridgehead atoms. The Morgan fingerprint density at radius 1 is 1.41 bits per heavy atom. The Hall–Kier alpha value is 0.380. The van der Waals surface area contributed by atoms with E-state index in [2.05, 4.69) is 36.6 Å². The molecule has 1 aromatic carbocycles. The first-order chi connectivity index (χ1) is 7.88. The Kier molecular flexibility index (Phi) is 3.91. The minimum atomic E-state index is -3.48. The molecule has 1 aromatic rings. The molecule has 0 saturated heterocycles. The first-order valence-corrected chi connectivity index (χ1v) is 8.71. The topological polar surface area (TPSA) is 46.2 Å². The van der Waals surface area contributed by atoms with Gasteiger partial charge in [0.25, 0.3) is 0 Å². The number of hydrogen-bond donors (Lipinski definition) is 1. The summed E-state index contributed by atoms with van der Waals surface area (Å²) in [7, 11) is -3.48. The lowest BCUT2D eigenvalue weighted by Crippen LogP contribution is -2.38. The molecule has 1 aliphatic carbocycles. The summed E-state index contributed by atoms with van der Waals surface area (Å²) in [5, 5.41) is 1.12. The molecule has 17 heavy (non-hydrogen) atoms. The van der Waals surface area contributed by atoms with Crippen LogP contribution < -0.4 is 4.72 Å². The zero-order chi connectivity index (χ0) is 12.7. The van der Waals surface area contributed by atoms with Gasteiger partial charge in [0, 0.05) is 15.3 Å². The van der Waals surface area contributed by atoms with Crippen LogP contribution in [0.5, 0.6) is 0 Å². The molecule has 0 unspecified atom stereocenters. The van der Waals surface area contributed by atoms with Gasteiger partial charge < -0.3 is 0 Å². The summed E-state index contributed by atoms with van der Waals surface area (Å²) in [6, 6.07) is 4.57. The van der Waals surface area contributed by atoms with Crippen molar-refractivity contribution in [3.05, 3.63) is 27.7 Å². The molecular weight excluding hydrogens is 393 g/mol. The molecule has 0 heterocycles. The number of hydrogen-bond acceptors (Lipinski definition) is 2. The lowest BCUT2D eigenvalue weighted by atomic mass is 10.4. The Labute approximate surface area is 122 Å². The summed E-state index contributed by atoms with van der Waals surface area (Å²) in [6.07, 6.45) is 1.73. The average molecular weight is 404 g/mol. The molecular formula is C10H10Br2ClNO2S. The molecule has 1 N–H and O–H groups in total. The molecule has 7 heteroatoms. The van der Waals surface area contributed by atoms with Crippen molar-refractivity contribution in [1.29, 1.82) is 0 Å². The Balaban J connectivity index is 2.29. The van der Waals surface area contributed by atoms with Gasteiger partial charge in [0.2, 0.25) is 10.0 Å². The van der Waals surface area contributed by atoms with Crippen molar-refractivity contribution in [2.75, 3.05) is 5.33 Å². The molecule has 0 spiro atoms. The lowest BCUT2D eigenvalue weighted by Gasteiger charge is -2.14. The van der Waals surface area contributed by atoms with Crippen LogP contribution in [0.4, 0.5) is 0 Å². The molecule has 94 valence electrons. The maximum absolute atomic E-state index is 12.1. The Morgan fingerprint density at radius 3 is 2.53 bits per heavy atom. The highest BCUT2D eigenvalue weighted by Crippen LogP contribution is 2.38. The molecule has 3 nitrogen and oxygen atoms in total. The lowest BCUT2D eigenvalue weighted by molar-refractivity contribution is 0.561. The van der Waals surface area contributed by atoms with Gasteiger partial charge in [-0.05, 0) is 47.0 Å². The van der Waals surface area contributed by atoms with Gasteiger partial charge in [-0.1, -0.05) is 27.5 Å². The van der Waals surface area contributed by atoms with Crippen LogP contribution in [0.15, 0.2) is 27.6 Å². The quantitative estimate of drug-likeness (QED) is 0.784. The monoisotopic (exact) mass is 401 g/mol. The van der Waals surface area contributed by atoms with E-state index in [1.165, 1.54) is 12.1 Å². The molecule has 1 aliphatic rings. The van der Waals surface area contributed by atoms with Crippen molar-refractivity contribution < 1.29 is 8.42 Å². The van der Waals surface area contributed by atoms with E-state index in [0.717, 1.165) is 12.8 Å². The fraction of sp³-hybridized carbons (Fsp3) is 0.400. The predicted molar refractivity (Wildman–Crippen MR) is 75.2 cm³/mol. The van der Waals surface area contributed by atoms with Crippen LogP contribution >= 0.6 is 43.5 Å². The van der Waals surface area contributed by atoms with E-state index in [-0.39, 0.29) is 10.4 Å². The number of benzene rings is 1. The van der Waals surface area contributed by atoms with Gasteiger partial charge in [0.05, 0.1) is 9.92 Å². The number of rotatable bonds is 4. The molecule has 0 aliphatic heterocycles. The summed E-state index contributed by atoms with van der Waals surface area (Å²) in [6.45, 7) is 0. The molecule has 0 radical (unpaired) electrons. The second-order valence-corrected chi connectivity index (χ2v) is 7.60. The Morgan fingerprint density at radius 2 is 2.06 bits per heavy atom. The van der Waals surface area contributed by atoms with Gasteiger partial charge in [0.1, 0.15) is 0 Å². The van der Waals surface area contributed by atoms with Crippen LogP contribution in [0.1, 0.15) is 12.8 Å². The summed E-state index contributed by atoms with van der Waals surface area (Å²) in [5.41, 5.74) is -0.301. The third-order valence-electron chi connectivity index (χ3n) is 2.66. The smallest absolute Gasteiger partial charge is 0.207 e. The summed E-state index contributed by atoms with van der Waals surface area (Å²) < 4.78 is 27.5. The van der Waals surface area contributed by atoms with E-state index in [0.29, 0.717) is 14.8 Å². The van der Waals surface area contributed by atoms with E-state index in [9.17, 15) is 8.42 Å². The average Bonchev–Trinajstić information content (AvgIpc) is 3.02. The molecule has 1 saturated carbocycles. The zero-order valence-electron chi connectivity index (χ0n) is 8.71. The Bertz CT molecular complexity index is 543. The number of sulfonamides is 1. The van der Waals surface area contributed by atoms with Crippen LogP contribution in [-0.2, 0) is 10.0 Å². The van der Waals surface area contributed by atoms with Crippen LogP contribution in [0.25, 0.3) is 0 Å². The van der Waals surface area contributed by atoms with Gasteiger partial charge in [-0.15, -0.1) is 0 Å². The summed E-state index contributed by atoms with van der Waals surface area (Å²) in [5.74, 6) is 0. The van der Waals surface area contributed by atoms with Crippen molar-refractivity contribution in [2.45, 2.75) is 23.3 Å². The minimum Gasteiger partial charge on any atom is -0.207 e. The van der Waals surface area contributed by atoms with Gasteiger partial charge in [0.15, 0.2) is 0 Å². The normalized spacial score (nSPS) is 18.1. The van der Waals surface area contributed by atoms with E-state index >= 15 is 0 Å². The minimum absolute atomic E-state index is 0.223. The van der Waals surface area contributed by atoms with Crippen molar-refractivity contribution in [1.82, 2.24) is 4.72 Å². The van der Waals surface area contributed by atoms with Gasteiger partial charge in [-0.3, -0.25) is 0 Å². The van der Waals surface area contributed by atoms with Gasteiger partial charge in [-0.2, -0.15) is 0 Å². The highest BCUT2D eigenvalue weighted by molar-refractivity contribution is 9.10. The first kappa shape index (κ1) is 13.8. The first-order valence-electron chi connectivity index (χ1n) is 4.94. The number of halogens is 3. The van der Waals surface area contributed by atoms with Crippen LogP contribution in [0, 0.1) is 0 Å². The number of alkyl halides is 1. The SMILES string of the molecule is O=S(=O)(NC1(CBr)CC1)c1ccc(Cl)c(Br)c1. The third-order valence-corrected chi connectivity index (χ3v) is 6.53. The van der Waals surface area contributed by atoms with Gasteiger partial charge >= 0.3 is 0 Å². The van der Waals surface area contributed by atoms with Crippen molar-refractivity contribution >= 4 is 53.5 Å². The highest BCUT2D eigenvalue weighted by Gasteiger charge is 2.45. The molecule has 0 aromatic heterocycles.